The van der Waals surface area contributed by atoms with Crippen molar-refractivity contribution in [3.05, 3.63) is 54.6 Å². The van der Waals surface area contributed by atoms with E-state index < -0.39 is 0 Å². The van der Waals surface area contributed by atoms with Crippen LogP contribution >= 0.6 is 0 Å². The first-order valence-corrected chi connectivity index (χ1v) is 12.2. The number of amides is 1. The van der Waals surface area contributed by atoms with Crippen molar-refractivity contribution in [1.29, 1.82) is 0 Å². The number of nitrogens with zero attached hydrogens (tertiary/aromatic N) is 4. The monoisotopic (exact) mass is 489 g/mol. The maximum absolute atomic E-state index is 12.9. The molecule has 0 bridgehead atoms. The average molecular weight is 490 g/mol. The van der Waals surface area contributed by atoms with Crippen molar-refractivity contribution in [3.8, 4) is 23.0 Å². The molecular weight excluding hydrogens is 458 g/mol. The van der Waals surface area contributed by atoms with Crippen LogP contribution in [0.3, 0.4) is 0 Å². The number of nitrogens with one attached hydrogen (secondary N) is 1. The highest BCUT2D eigenvalue weighted by molar-refractivity contribution is 5.96. The van der Waals surface area contributed by atoms with E-state index in [-0.39, 0.29) is 12.5 Å². The van der Waals surface area contributed by atoms with E-state index in [0.717, 1.165) is 35.5 Å². The van der Waals surface area contributed by atoms with Crippen molar-refractivity contribution in [2.45, 2.75) is 32.9 Å². The first-order chi connectivity index (χ1) is 17.5. The molecule has 0 spiro atoms. The Morgan fingerprint density at radius 1 is 1.08 bits per heavy atom. The maximum Gasteiger partial charge on any atom is 0.249 e. The minimum absolute atomic E-state index is 0.127. The Labute approximate surface area is 210 Å². The molecule has 3 heterocycles. The largest absolute Gasteiger partial charge is 0.493 e. The van der Waals surface area contributed by atoms with E-state index in [1.54, 1.807) is 32.4 Å². The number of fused-ring (bicyclic) bond motifs is 1. The Morgan fingerprint density at radius 3 is 2.64 bits per heavy atom. The van der Waals surface area contributed by atoms with Gasteiger partial charge in [-0.15, -0.1) is 10.2 Å². The number of methoxy groups -OCH3 is 2. The van der Waals surface area contributed by atoms with Crippen LogP contribution in [0.1, 0.15) is 25.7 Å². The first-order valence-electron chi connectivity index (χ1n) is 12.2. The Hall–Kier alpha value is -3.85. The molecule has 188 valence electrons. The molecule has 9 nitrogen and oxygen atoms in total. The van der Waals surface area contributed by atoms with Crippen molar-refractivity contribution in [3.63, 3.8) is 0 Å². The van der Waals surface area contributed by atoms with Crippen molar-refractivity contribution >= 4 is 22.5 Å². The van der Waals surface area contributed by atoms with Crippen LogP contribution in [0.4, 0.5) is 5.69 Å². The first kappa shape index (κ1) is 23.9. The van der Waals surface area contributed by atoms with Gasteiger partial charge in [-0.25, -0.2) is 0 Å². The SMILES string of the molecule is COc1ccc(NC(=O)Cn2cc(-c3nnc(CN4CCC(C)CC4)o3)c3ccccc32)cc1OC. The van der Waals surface area contributed by atoms with Crippen LogP contribution in [0.2, 0.25) is 0 Å². The molecule has 5 rings (SSSR count). The fourth-order valence-corrected chi connectivity index (χ4v) is 4.66. The number of hydrogen-bond donors (Lipinski definition) is 1. The zero-order chi connectivity index (χ0) is 25.1. The summed E-state index contributed by atoms with van der Waals surface area (Å²) in [6.45, 7) is 5.18. The zero-order valence-corrected chi connectivity index (χ0v) is 20.9. The Morgan fingerprint density at radius 2 is 1.86 bits per heavy atom. The van der Waals surface area contributed by atoms with Gasteiger partial charge in [-0.05, 0) is 50.0 Å². The third-order valence-electron chi connectivity index (χ3n) is 6.70. The summed E-state index contributed by atoms with van der Waals surface area (Å²) in [4.78, 5) is 15.3. The second-order valence-corrected chi connectivity index (χ2v) is 9.27. The number of hydrogen-bond acceptors (Lipinski definition) is 7. The molecule has 1 aliphatic rings. The fraction of sp³-hybridized carbons (Fsp3) is 0.370. The molecule has 1 amide bonds. The number of aromatic nitrogens is 3. The quantitative estimate of drug-likeness (QED) is 0.387. The normalized spacial score (nSPS) is 14.8. The molecular formula is C27H31N5O4. The van der Waals surface area contributed by atoms with Gasteiger partial charge in [-0.1, -0.05) is 25.1 Å². The fourth-order valence-electron chi connectivity index (χ4n) is 4.66. The Kier molecular flexibility index (Phi) is 6.90. The number of para-hydroxylation sites is 1. The minimum Gasteiger partial charge on any atom is -0.493 e. The van der Waals surface area contributed by atoms with Crippen LogP contribution < -0.4 is 14.8 Å². The third kappa shape index (κ3) is 5.06. The molecule has 0 atom stereocenters. The van der Waals surface area contributed by atoms with Crippen molar-refractivity contribution in [1.82, 2.24) is 19.7 Å². The van der Waals surface area contributed by atoms with Gasteiger partial charge in [0, 0.05) is 28.9 Å². The number of carbonyl (C=O) groups excluding carboxylic acids is 1. The summed E-state index contributed by atoms with van der Waals surface area (Å²) >= 11 is 0. The van der Waals surface area contributed by atoms with Gasteiger partial charge in [-0.3, -0.25) is 9.69 Å². The van der Waals surface area contributed by atoms with Gasteiger partial charge in [0.15, 0.2) is 11.5 Å². The number of rotatable bonds is 8. The summed E-state index contributed by atoms with van der Waals surface area (Å²) in [5.41, 5.74) is 2.36. The van der Waals surface area contributed by atoms with Gasteiger partial charge in [0.1, 0.15) is 6.54 Å². The second kappa shape index (κ2) is 10.4. The van der Waals surface area contributed by atoms with Gasteiger partial charge in [-0.2, -0.15) is 0 Å². The summed E-state index contributed by atoms with van der Waals surface area (Å²) in [6.07, 6.45) is 4.29. The van der Waals surface area contributed by atoms with Gasteiger partial charge in [0.2, 0.25) is 17.7 Å². The van der Waals surface area contributed by atoms with Crippen LogP contribution in [0.15, 0.2) is 53.1 Å². The highest BCUT2D eigenvalue weighted by Gasteiger charge is 2.21. The van der Waals surface area contributed by atoms with Gasteiger partial charge >= 0.3 is 0 Å². The smallest absolute Gasteiger partial charge is 0.249 e. The number of anilines is 1. The summed E-state index contributed by atoms with van der Waals surface area (Å²) in [5, 5.41) is 12.5. The molecule has 1 N–H and O–H groups in total. The van der Waals surface area contributed by atoms with E-state index in [4.69, 9.17) is 13.9 Å². The lowest BCUT2D eigenvalue weighted by atomic mass is 9.99. The van der Waals surface area contributed by atoms with Crippen LogP contribution in [-0.4, -0.2) is 52.9 Å². The van der Waals surface area contributed by atoms with E-state index in [9.17, 15) is 4.79 Å². The highest BCUT2D eigenvalue weighted by atomic mass is 16.5. The van der Waals surface area contributed by atoms with E-state index >= 15 is 0 Å². The Balaban J connectivity index is 1.34. The summed E-state index contributed by atoms with van der Waals surface area (Å²) in [5.74, 6) is 2.84. The molecule has 1 aliphatic heterocycles. The maximum atomic E-state index is 12.9. The number of likely N-dealkylation sites (tertiary alicyclic amines) is 1. The molecule has 36 heavy (non-hydrogen) atoms. The molecule has 0 saturated carbocycles. The molecule has 2 aromatic heterocycles. The zero-order valence-electron chi connectivity index (χ0n) is 20.9. The molecule has 4 aromatic rings. The van der Waals surface area contributed by atoms with Gasteiger partial charge in [0.05, 0.1) is 26.3 Å². The summed E-state index contributed by atoms with van der Waals surface area (Å²) in [6, 6.07) is 13.2. The molecule has 1 saturated heterocycles. The van der Waals surface area contributed by atoms with Crippen LogP contribution in [0.5, 0.6) is 11.5 Å². The van der Waals surface area contributed by atoms with Crippen LogP contribution in [-0.2, 0) is 17.9 Å². The minimum atomic E-state index is -0.167. The number of carbonyl (C=O) groups is 1. The number of piperidine rings is 1. The predicted molar refractivity (Wildman–Crippen MR) is 137 cm³/mol. The number of ether oxygens (including phenoxy) is 2. The topological polar surface area (TPSA) is 94.6 Å². The van der Waals surface area contributed by atoms with Crippen LogP contribution in [0, 0.1) is 5.92 Å². The molecule has 0 radical (unpaired) electrons. The predicted octanol–water partition coefficient (Wildman–Crippen LogP) is 4.58. The van der Waals surface area contributed by atoms with E-state index in [0.29, 0.717) is 35.5 Å². The molecule has 0 unspecified atom stereocenters. The molecule has 1 fully saturated rings. The van der Waals surface area contributed by atoms with E-state index in [2.05, 4.69) is 27.3 Å². The lowest BCUT2D eigenvalue weighted by Crippen LogP contribution is -2.32. The molecule has 2 aromatic carbocycles. The standard InChI is InChI=1S/C27H31N5O4/c1-18-10-12-31(13-11-18)17-26-29-30-27(36-26)21-15-32(22-7-5-4-6-20(21)22)16-25(33)28-19-8-9-23(34-2)24(14-19)35-3/h4-9,14-15,18H,10-13,16-17H2,1-3H3,(H,28,33). The third-order valence-corrected chi connectivity index (χ3v) is 6.70. The summed E-state index contributed by atoms with van der Waals surface area (Å²) in [7, 11) is 3.14. The van der Waals surface area contributed by atoms with Crippen LogP contribution in [0.25, 0.3) is 22.4 Å². The average Bonchev–Trinajstić information content (AvgIpc) is 3.50. The Bertz CT molecular complexity index is 1350. The lowest BCUT2D eigenvalue weighted by Gasteiger charge is -2.28. The lowest BCUT2D eigenvalue weighted by molar-refractivity contribution is -0.116. The van der Waals surface area contributed by atoms with E-state index in [1.807, 2.05) is 35.0 Å². The van der Waals surface area contributed by atoms with Gasteiger partial charge in [0.25, 0.3) is 0 Å². The van der Waals surface area contributed by atoms with Crippen molar-refractivity contribution < 1.29 is 18.7 Å². The van der Waals surface area contributed by atoms with Gasteiger partial charge < -0.3 is 23.8 Å². The second-order valence-electron chi connectivity index (χ2n) is 9.27. The summed E-state index contributed by atoms with van der Waals surface area (Å²) < 4.78 is 18.6. The van der Waals surface area contributed by atoms with Crippen molar-refractivity contribution in [2.75, 3.05) is 32.6 Å². The van der Waals surface area contributed by atoms with E-state index in [1.165, 1.54) is 12.8 Å². The highest BCUT2D eigenvalue weighted by Crippen LogP contribution is 2.31. The van der Waals surface area contributed by atoms with Crippen molar-refractivity contribution in [2.24, 2.45) is 5.92 Å². The molecule has 0 aliphatic carbocycles. The number of benzene rings is 2. The molecule has 9 heteroatoms.